The highest BCUT2D eigenvalue weighted by molar-refractivity contribution is 5.83. The number of fused-ring (bicyclic) bond motifs is 1. The molecule has 0 aliphatic carbocycles. The maximum atomic E-state index is 12.8. The smallest absolute Gasteiger partial charge is 0.326 e. The van der Waals surface area contributed by atoms with Crippen molar-refractivity contribution in [2.24, 2.45) is 0 Å². The Kier molecular flexibility index (Phi) is 5.80. The third-order valence-electron chi connectivity index (χ3n) is 4.87. The summed E-state index contributed by atoms with van der Waals surface area (Å²) in [6.45, 7) is 0.483. The van der Waals surface area contributed by atoms with E-state index in [-0.39, 0.29) is 12.5 Å². The summed E-state index contributed by atoms with van der Waals surface area (Å²) >= 11 is 0. The first kappa shape index (κ1) is 19.2. The lowest BCUT2D eigenvalue weighted by atomic mass is 9.99. The normalized spacial score (nSPS) is 16.1. The summed E-state index contributed by atoms with van der Waals surface area (Å²) in [7, 11) is 1.64. The van der Waals surface area contributed by atoms with E-state index in [0.717, 1.165) is 11.3 Å². The molecule has 1 heterocycles. The van der Waals surface area contributed by atoms with E-state index in [1.165, 1.54) is 4.90 Å². The van der Waals surface area contributed by atoms with Crippen LogP contribution in [-0.2, 0) is 11.2 Å². The third-order valence-corrected chi connectivity index (χ3v) is 4.87. The molecule has 0 saturated carbocycles. The molecule has 0 saturated heterocycles. The van der Waals surface area contributed by atoms with Gasteiger partial charge in [0.15, 0.2) is 0 Å². The van der Waals surface area contributed by atoms with E-state index in [1.54, 1.807) is 31.3 Å². The summed E-state index contributed by atoms with van der Waals surface area (Å²) in [5.74, 6) is -0.419. The lowest BCUT2D eigenvalue weighted by molar-refractivity contribution is -0.139. The van der Waals surface area contributed by atoms with Gasteiger partial charge in [-0.15, -0.1) is 0 Å². The molecule has 0 bridgehead atoms. The number of benzene rings is 2. The molecule has 0 unspecified atom stereocenters. The maximum Gasteiger partial charge on any atom is 0.326 e. The molecule has 1 aliphatic rings. The molecule has 0 fully saturated rings. The minimum Gasteiger partial charge on any atom is -0.493 e. The van der Waals surface area contributed by atoms with Gasteiger partial charge in [0.2, 0.25) is 0 Å². The summed E-state index contributed by atoms with van der Waals surface area (Å²) < 4.78 is 5.62. The largest absolute Gasteiger partial charge is 0.493 e. The van der Waals surface area contributed by atoms with Gasteiger partial charge < -0.3 is 20.1 Å². The lowest BCUT2D eigenvalue weighted by Crippen LogP contribution is -2.49. The van der Waals surface area contributed by atoms with Gasteiger partial charge >= 0.3 is 12.0 Å². The van der Waals surface area contributed by atoms with Crippen LogP contribution in [-0.4, -0.2) is 41.7 Å². The average Bonchev–Trinajstić information content (AvgIpc) is 2.72. The lowest BCUT2D eigenvalue weighted by Gasteiger charge is -2.33. The molecule has 2 aromatic carbocycles. The van der Waals surface area contributed by atoms with Gasteiger partial charge in [0, 0.05) is 25.5 Å². The molecule has 7 heteroatoms. The Labute approximate surface area is 163 Å². The Morgan fingerprint density at radius 1 is 1.29 bits per heavy atom. The number of carboxylic acids is 1. The molecule has 2 aromatic rings. The molecular weight excluding hydrogens is 358 g/mol. The number of amides is 2. The number of para-hydroxylation sites is 1. The second-order valence-electron chi connectivity index (χ2n) is 6.62. The van der Waals surface area contributed by atoms with Gasteiger partial charge in [0.1, 0.15) is 11.8 Å². The maximum absolute atomic E-state index is 12.8. The predicted octanol–water partition coefficient (Wildman–Crippen LogP) is 2.72. The first-order chi connectivity index (χ1) is 13.5. The highest BCUT2D eigenvalue weighted by atomic mass is 16.5. The average molecular weight is 379 g/mol. The van der Waals surface area contributed by atoms with Crippen LogP contribution in [0.3, 0.4) is 0 Å². The number of rotatable bonds is 5. The first-order valence-corrected chi connectivity index (χ1v) is 8.97. The number of nitrogens with one attached hydrogen (secondary N) is 1. The Morgan fingerprint density at radius 2 is 2.00 bits per heavy atom. The molecule has 2 atom stereocenters. The van der Waals surface area contributed by atoms with Gasteiger partial charge in [-0.2, -0.15) is 5.26 Å². The number of urea groups is 1. The zero-order chi connectivity index (χ0) is 20.1. The highest BCUT2D eigenvalue weighted by Gasteiger charge is 2.30. The van der Waals surface area contributed by atoms with E-state index in [2.05, 4.69) is 5.32 Å². The van der Waals surface area contributed by atoms with E-state index in [0.29, 0.717) is 24.2 Å². The fourth-order valence-electron chi connectivity index (χ4n) is 3.35. The van der Waals surface area contributed by atoms with E-state index in [1.807, 2.05) is 30.3 Å². The second kappa shape index (κ2) is 8.44. The van der Waals surface area contributed by atoms with E-state index >= 15 is 0 Å². The minimum atomic E-state index is -1.15. The van der Waals surface area contributed by atoms with Gasteiger partial charge in [-0.3, -0.25) is 0 Å². The number of nitriles is 1. The monoisotopic (exact) mass is 379 g/mol. The molecule has 0 aromatic heterocycles. The molecule has 2 amide bonds. The molecule has 144 valence electrons. The molecular formula is C21H21N3O4. The number of aliphatic carboxylic acids is 1. The van der Waals surface area contributed by atoms with Crippen molar-refractivity contribution in [3.05, 3.63) is 65.2 Å². The minimum absolute atomic E-state index is 0.0308. The molecule has 2 N–H and O–H groups in total. The number of ether oxygens (including phenoxy) is 1. The van der Waals surface area contributed by atoms with Crippen molar-refractivity contribution in [2.45, 2.75) is 24.9 Å². The van der Waals surface area contributed by atoms with Crippen LogP contribution in [0.25, 0.3) is 0 Å². The van der Waals surface area contributed by atoms with Crippen LogP contribution >= 0.6 is 0 Å². The second-order valence-corrected chi connectivity index (χ2v) is 6.62. The van der Waals surface area contributed by atoms with Crippen molar-refractivity contribution in [3.8, 4) is 11.8 Å². The zero-order valence-corrected chi connectivity index (χ0v) is 15.5. The van der Waals surface area contributed by atoms with E-state index in [9.17, 15) is 20.0 Å². The third kappa shape index (κ3) is 4.07. The van der Waals surface area contributed by atoms with Crippen LogP contribution in [0.15, 0.2) is 48.5 Å². The molecule has 1 aliphatic heterocycles. The number of nitrogens with zero attached hydrogens (tertiary/aromatic N) is 2. The van der Waals surface area contributed by atoms with Crippen molar-refractivity contribution >= 4 is 12.0 Å². The number of carboxylic acid groups (broad SMARTS) is 1. The molecule has 0 spiro atoms. The van der Waals surface area contributed by atoms with Crippen LogP contribution in [0.5, 0.6) is 5.75 Å². The summed E-state index contributed by atoms with van der Waals surface area (Å²) in [4.78, 5) is 26.0. The number of hydrogen-bond acceptors (Lipinski definition) is 4. The summed E-state index contributed by atoms with van der Waals surface area (Å²) in [6.07, 6.45) is 0.652. The van der Waals surface area contributed by atoms with Crippen molar-refractivity contribution in [1.29, 1.82) is 5.26 Å². The number of carbonyl (C=O) groups excluding carboxylic acids is 1. The number of carbonyl (C=O) groups is 2. The quantitative estimate of drug-likeness (QED) is 0.831. The number of hydrogen-bond donors (Lipinski definition) is 2. The molecule has 3 rings (SSSR count). The standard InChI is InChI=1S/C21H21N3O4/c1-24(18-10-11-28-19-9-5-4-8-16(18)19)21(27)23-17(20(25)26)12-14-6-2-3-7-15(14)13-22/h2-9,17-18H,10-12H2,1H3,(H,23,27)(H,25,26)/t17-,18-/m0/s1. The van der Waals surface area contributed by atoms with Crippen LogP contribution in [0, 0.1) is 11.3 Å². The Balaban J connectivity index is 1.74. The van der Waals surface area contributed by atoms with Crippen LogP contribution < -0.4 is 10.1 Å². The Morgan fingerprint density at radius 3 is 2.75 bits per heavy atom. The highest BCUT2D eigenvalue weighted by Crippen LogP contribution is 2.35. The SMILES string of the molecule is CN(C(=O)N[C@@H](Cc1ccccc1C#N)C(=O)O)[C@H]1CCOc2ccccc21. The zero-order valence-electron chi connectivity index (χ0n) is 15.5. The van der Waals surface area contributed by atoms with E-state index in [4.69, 9.17) is 4.74 Å². The topological polar surface area (TPSA) is 103 Å². The summed E-state index contributed by atoms with van der Waals surface area (Å²) in [5.41, 5.74) is 1.87. The van der Waals surface area contributed by atoms with Gasteiger partial charge in [-0.05, 0) is 17.7 Å². The molecule has 28 heavy (non-hydrogen) atoms. The fourth-order valence-corrected chi connectivity index (χ4v) is 3.35. The van der Waals surface area contributed by atoms with Gasteiger partial charge in [-0.25, -0.2) is 9.59 Å². The van der Waals surface area contributed by atoms with Crippen LogP contribution in [0.1, 0.15) is 29.2 Å². The fraction of sp³-hybridized carbons (Fsp3) is 0.286. The predicted molar refractivity (Wildman–Crippen MR) is 102 cm³/mol. The Hall–Kier alpha value is -3.53. The molecule has 0 radical (unpaired) electrons. The summed E-state index contributed by atoms with van der Waals surface area (Å²) in [6, 6.07) is 14.5. The van der Waals surface area contributed by atoms with Crippen LogP contribution in [0.2, 0.25) is 0 Å². The van der Waals surface area contributed by atoms with Crippen molar-refractivity contribution in [1.82, 2.24) is 10.2 Å². The van der Waals surface area contributed by atoms with Crippen molar-refractivity contribution < 1.29 is 19.4 Å². The first-order valence-electron chi connectivity index (χ1n) is 8.97. The van der Waals surface area contributed by atoms with Gasteiger partial charge in [-0.1, -0.05) is 36.4 Å². The van der Waals surface area contributed by atoms with Crippen molar-refractivity contribution in [2.75, 3.05) is 13.7 Å². The van der Waals surface area contributed by atoms with Crippen molar-refractivity contribution in [3.63, 3.8) is 0 Å². The summed E-state index contributed by atoms with van der Waals surface area (Å²) in [5, 5.41) is 21.3. The Bertz CT molecular complexity index is 922. The van der Waals surface area contributed by atoms with Gasteiger partial charge in [0.25, 0.3) is 0 Å². The van der Waals surface area contributed by atoms with Crippen LogP contribution in [0.4, 0.5) is 4.79 Å². The molecule has 7 nitrogen and oxygen atoms in total. The van der Waals surface area contributed by atoms with Gasteiger partial charge in [0.05, 0.1) is 24.3 Å². The van der Waals surface area contributed by atoms with E-state index < -0.39 is 18.0 Å².